The minimum Gasteiger partial charge on any atom is -0.520 e. The molecule has 5 nitrogen and oxygen atoms in total. The van der Waals surface area contributed by atoms with Crippen LogP contribution in [0, 0.1) is 16.4 Å². The first kappa shape index (κ1) is 20.6. The maximum atomic E-state index is 6.09. The predicted molar refractivity (Wildman–Crippen MR) is 90.7 cm³/mol. The molecule has 3 heterocycles. The molecule has 2 aromatic heterocycles. The number of hydrogen-bond donors (Lipinski definition) is 0. The van der Waals surface area contributed by atoms with Gasteiger partial charge in [-0.25, -0.2) is 4.98 Å². The second-order valence-corrected chi connectivity index (χ2v) is 5.56. The molecule has 0 bridgehead atoms. The van der Waals surface area contributed by atoms with E-state index in [9.17, 15) is 0 Å². The summed E-state index contributed by atoms with van der Waals surface area (Å²) >= 11 is 8.32. The predicted octanol–water partition coefficient (Wildman–Crippen LogP) is 4.04. The molecule has 0 saturated carbocycles. The van der Waals surface area contributed by atoms with Crippen molar-refractivity contribution in [3.05, 3.63) is 34.1 Å². The Kier molecular flexibility index (Phi) is 9.74. The zero-order valence-corrected chi connectivity index (χ0v) is 18.3. The molecule has 3 rings (SSSR count). The Morgan fingerprint density at radius 3 is 2.73 bits per heavy atom. The van der Waals surface area contributed by atoms with Gasteiger partial charge >= 0.3 is 0 Å². The van der Waals surface area contributed by atoms with Gasteiger partial charge in [-0.2, -0.15) is 0 Å². The summed E-state index contributed by atoms with van der Waals surface area (Å²) in [6, 6.07) is 0. The Bertz CT molecular complexity index is 591. The van der Waals surface area contributed by atoms with Crippen molar-refractivity contribution in [1.29, 1.82) is 0 Å². The van der Waals surface area contributed by atoms with Crippen molar-refractivity contribution in [2.75, 3.05) is 13.2 Å². The summed E-state index contributed by atoms with van der Waals surface area (Å²) in [4.78, 5) is 8.28. The van der Waals surface area contributed by atoms with Crippen LogP contribution in [0.3, 0.4) is 0 Å². The van der Waals surface area contributed by atoms with Gasteiger partial charge in [-0.1, -0.05) is 66.9 Å². The summed E-state index contributed by atoms with van der Waals surface area (Å²) in [5.41, 5.74) is 0.822. The molecule has 0 amide bonds. The van der Waals surface area contributed by atoms with E-state index in [4.69, 9.17) is 21.1 Å². The summed E-state index contributed by atoms with van der Waals surface area (Å²) in [6.45, 7) is 7.36. The molecule has 0 N–H and O–H groups in total. The molecule has 1 fully saturated rings. The number of fused-ring (bicyclic) bond motifs is 1. The first-order valence-corrected chi connectivity index (χ1v) is 8.32. The van der Waals surface area contributed by atoms with Crippen LogP contribution in [-0.2, 0) is 42.2 Å². The standard InChI is InChI=1S/C12H11ClIN3O2.C2H6.Y/c13-11-10-8(14)6-17(12(10)16-7-15-11)3-1-2-9-18-4-5-19-9;1-2;/h3,6-7H,1-2,4-5H2;1-2H3;/q-2;;. The molecule has 1 saturated heterocycles. The van der Waals surface area contributed by atoms with Gasteiger partial charge in [0.25, 0.3) is 0 Å². The van der Waals surface area contributed by atoms with Gasteiger partial charge in [-0.05, 0) is 3.57 Å². The zero-order chi connectivity index (χ0) is 15.2. The van der Waals surface area contributed by atoms with Crippen molar-refractivity contribution < 1.29 is 42.2 Å². The third-order valence-corrected chi connectivity index (χ3v) is 3.90. The maximum absolute atomic E-state index is 6.09. The third-order valence-electron chi connectivity index (χ3n) is 2.80. The summed E-state index contributed by atoms with van der Waals surface area (Å²) in [5, 5.41) is 1.38. The van der Waals surface area contributed by atoms with E-state index in [1.54, 1.807) is 0 Å². The summed E-state index contributed by atoms with van der Waals surface area (Å²) < 4.78 is 13.6. The number of nitrogens with zero attached hydrogens (tertiary/aromatic N) is 3. The Balaban J connectivity index is 0.000000775. The van der Waals surface area contributed by atoms with Gasteiger partial charge in [-0.15, -0.1) is 13.0 Å². The van der Waals surface area contributed by atoms with Crippen molar-refractivity contribution >= 4 is 45.2 Å². The van der Waals surface area contributed by atoms with Crippen LogP contribution in [0.15, 0.2) is 12.5 Å². The smallest absolute Gasteiger partial charge is 0.129 e. The molecule has 0 spiro atoms. The van der Waals surface area contributed by atoms with E-state index >= 15 is 0 Å². The minimum absolute atomic E-state index is 0. The average Bonchev–Trinajstić information content (AvgIpc) is 3.11. The molecular formula is C14H17ClIN3O2Y-2. The molecule has 2 aromatic rings. The van der Waals surface area contributed by atoms with Crippen LogP contribution < -0.4 is 0 Å². The number of ether oxygens (including phenoxy) is 2. The Morgan fingerprint density at radius 1 is 1.36 bits per heavy atom. The molecule has 1 aliphatic heterocycles. The summed E-state index contributed by atoms with van der Waals surface area (Å²) in [6.07, 6.45) is 5.76. The second kappa shape index (κ2) is 10.4. The molecule has 1 aliphatic rings. The van der Waals surface area contributed by atoms with E-state index < -0.39 is 0 Å². The fraction of sp³-hybridized carbons (Fsp3) is 0.429. The van der Waals surface area contributed by atoms with E-state index in [-0.39, 0.29) is 32.7 Å². The van der Waals surface area contributed by atoms with Crippen molar-refractivity contribution in [2.45, 2.75) is 26.7 Å². The van der Waals surface area contributed by atoms with E-state index in [2.05, 4.69) is 32.6 Å². The fourth-order valence-electron chi connectivity index (χ4n) is 1.96. The molecule has 0 atom stereocenters. The molecular weight excluding hydrogens is 493 g/mol. The molecule has 22 heavy (non-hydrogen) atoms. The van der Waals surface area contributed by atoms with Gasteiger partial charge in [0.2, 0.25) is 0 Å². The van der Waals surface area contributed by atoms with Crippen molar-refractivity contribution in [3.8, 4) is 0 Å². The van der Waals surface area contributed by atoms with Crippen molar-refractivity contribution in [1.82, 2.24) is 14.5 Å². The first-order valence-electron chi connectivity index (χ1n) is 6.87. The van der Waals surface area contributed by atoms with Gasteiger partial charge < -0.3 is 14.0 Å². The number of rotatable bonds is 4. The Hall–Kier alpha value is 0.534. The summed E-state index contributed by atoms with van der Waals surface area (Å²) in [5.74, 6) is 0. The van der Waals surface area contributed by atoms with Crippen LogP contribution in [0.1, 0.15) is 26.7 Å². The van der Waals surface area contributed by atoms with Crippen LogP contribution in [0.5, 0.6) is 0 Å². The maximum Gasteiger partial charge on any atom is 0.129 e. The van der Waals surface area contributed by atoms with Gasteiger partial charge in [0.1, 0.15) is 11.5 Å². The van der Waals surface area contributed by atoms with E-state index in [0.717, 1.165) is 33.7 Å². The number of halogens is 2. The topological polar surface area (TPSA) is 49.2 Å². The van der Waals surface area contributed by atoms with Gasteiger partial charge in [0.05, 0.1) is 0 Å². The SMILES string of the molecule is CC.Clc1ncnc2c1c(I)cn2[CH-]CC[C-]1OCCO1.[Y]. The largest absolute Gasteiger partial charge is 0.520 e. The third kappa shape index (κ3) is 5.01. The molecule has 0 aliphatic carbocycles. The number of aromatic nitrogens is 3. The van der Waals surface area contributed by atoms with Gasteiger partial charge in [-0.3, -0.25) is 4.98 Å². The van der Waals surface area contributed by atoms with Crippen LogP contribution in [0.2, 0.25) is 5.15 Å². The Morgan fingerprint density at radius 2 is 2.05 bits per heavy atom. The van der Waals surface area contributed by atoms with Crippen LogP contribution in [0.25, 0.3) is 11.0 Å². The van der Waals surface area contributed by atoms with Crippen LogP contribution >= 0.6 is 34.2 Å². The van der Waals surface area contributed by atoms with Crippen molar-refractivity contribution in [2.24, 2.45) is 0 Å². The monoisotopic (exact) mass is 510 g/mol. The zero-order valence-electron chi connectivity index (χ0n) is 12.6. The molecule has 8 heteroatoms. The normalized spacial score (nSPS) is 14.4. The molecule has 119 valence electrons. The second-order valence-electron chi connectivity index (χ2n) is 4.04. The van der Waals surface area contributed by atoms with Crippen LogP contribution in [0.4, 0.5) is 0 Å². The van der Waals surface area contributed by atoms with E-state index in [0.29, 0.717) is 18.4 Å². The minimum atomic E-state index is 0. The van der Waals surface area contributed by atoms with Gasteiger partial charge in [0, 0.05) is 57.0 Å². The average molecular weight is 511 g/mol. The molecule has 1 radical (unpaired) electrons. The van der Waals surface area contributed by atoms with Crippen molar-refractivity contribution in [3.63, 3.8) is 0 Å². The summed E-state index contributed by atoms with van der Waals surface area (Å²) in [7, 11) is 0. The fourth-order valence-corrected chi connectivity index (χ4v) is 3.15. The van der Waals surface area contributed by atoms with Crippen LogP contribution in [-0.4, -0.2) is 27.7 Å². The van der Waals surface area contributed by atoms with Gasteiger partial charge in [0.15, 0.2) is 0 Å². The number of hydrogen-bond acceptors (Lipinski definition) is 4. The Labute approximate surface area is 174 Å². The van der Waals surface area contributed by atoms with E-state index in [1.807, 2.05) is 31.2 Å². The quantitative estimate of drug-likeness (QED) is 0.354. The molecule has 0 unspecified atom stereocenters. The van der Waals surface area contributed by atoms with E-state index in [1.165, 1.54) is 6.33 Å². The molecule has 0 aromatic carbocycles. The first-order chi connectivity index (χ1) is 10.3.